The van der Waals surface area contributed by atoms with Gasteiger partial charge in [-0.25, -0.2) is 0 Å². The van der Waals surface area contributed by atoms with E-state index in [1.807, 2.05) is 6.92 Å². The second kappa shape index (κ2) is 4.63. The van der Waals surface area contributed by atoms with Crippen LogP contribution in [-0.4, -0.2) is 29.6 Å². The molecule has 5 nitrogen and oxygen atoms in total. The van der Waals surface area contributed by atoms with Gasteiger partial charge < -0.3 is 19.7 Å². The Hall–Kier alpha value is -1.75. The van der Waals surface area contributed by atoms with E-state index in [2.05, 4.69) is 0 Å². The predicted octanol–water partition coefficient (Wildman–Crippen LogP) is 1.27. The molecule has 92 valence electrons. The average molecular weight is 238 g/mol. The molecule has 1 atom stereocenters. The summed E-state index contributed by atoms with van der Waals surface area (Å²) in [7, 11) is 0. The van der Waals surface area contributed by atoms with E-state index < -0.39 is 11.9 Å². The summed E-state index contributed by atoms with van der Waals surface area (Å²) in [5, 5.41) is 18.1. The summed E-state index contributed by atoms with van der Waals surface area (Å²) < 4.78 is 10.4. The van der Waals surface area contributed by atoms with E-state index >= 15 is 0 Å². The Morgan fingerprint density at radius 1 is 1.41 bits per heavy atom. The summed E-state index contributed by atoms with van der Waals surface area (Å²) in [4.78, 5) is 11.2. The monoisotopic (exact) mass is 238 g/mol. The second-order valence-electron chi connectivity index (χ2n) is 3.97. The molecule has 2 rings (SSSR count). The minimum absolute atomic E-state index is 0.162. The third kappa shape index (κ3) is 2.19. The Labute approximate surface area is 98.6 Å². The Morgan fingerprint density at radius 3 is 2.65 bits per heavy atom. The maximum atomic E-state index is 11.2. The number of ether oxygens (including phenoxy) is 2. The Bertz CT molecular complexity index is 441. The third-order valence-corrected chi connectivity index (χ3v) is 2.85. The van der Waals surface area contributed by atoms with E-state index in [9.17, 15) is 4.79 Å². The van der Waals surface area contributed by atoms with Crippen LogP contribution in [0.1, 0.15) is 23.5 Å². The molecule has 0 spiro atoms. The first kappa shape index (κ1) is 11.7. The molecule has 1 aromatic carbocycles. The molecule has 0 amide bonds. The standard InChI is InChI=1S/C12H14O5/c1-7-4-10-11(17-6-16-10)5-9(7)8(2-3-13)12(14)15/h4-5,8,13H,2-3,6H2,1H3,(H,14,15). The van der Waals surface area contributed by atoms with E-state index in [1.165, 1.54) is 0 Å². The van der Waals surface area contributed by atoms with Crippen molar-refractivity contribution in [3.8, 4) is 11.5 Å². The quantitative estimate of drug-likeness (QED) is 0.826. The topological polar surface area (TPSA) is 76.0 Å². The molecule has 1 unspecified atom stereocenters. The summed E-state index contributed by atoms with van der Waals surface area (Å²) >= 11 is 0. The van der Waals surface area contributed by atoms with Gasteiger partial charge in [-0.1, -0.05) is 0 Å². The normalized spacial score (nSPS) is 14.7. The number of fused-ring (bicyclic) bond motifs is 1. The van der Waals surface area contributed by atoms with Crippen LogP contribution in [0.3, 0.4) is 0 Å². The molecule has 1 aliphatic heterocycles. The van der Waals surface area contributed by atoms with Crippen molar-refractivity contribution in [2.24, 2.45) is 0 Å². The van der Waals surface area contributed by atoms with Gasteiger partial charge in [0.1, 0.15) is 0 Å². The number of carbonyl (C=O) groups is 1. The van der Waals surface area contributed by atoms with Gasteiger partial charge in [0, 0.05) is 6.61 Å². The molecule has 0 fully saturated rings. The van der Waals surface area contributed by atoms with E-state index in [0.29, 0.717) is 17.1 Å². The molecule has 0 bridgehead atoms. The minimum Gasteiger partial charge on any atom is -0.481 e. The van der Waals surface area contributed by atoms with Crippen molar-refractivity contribution in [3.63, 3.8) is 0 Å². The highest BCUT2D eigenvalue weighted by atomic mass is 16.7. The fourth-order valence-electron chi connectivity index (χ4n) is 1.98. The molecule has 5 heteroatoms. The molecule has 0 aromatic heterocycles. The van der Waals surface area contributed by atoms with Gasteiger partial charge in [0.05, 0.1) is 5.92 Å². The van der Waals surface area contributed by atoms with Gasteiger partial charge in [0.2, 0.25) is 6.79 Å². The van der Waals surface area contributed by atoms with Gasteiger partial charge in [0.25, 0.3) is 0 Å². The van der Waals surface area contributed by atoms with Crippen LogP contribution in [0.15, 0.2) is 12.1 Å². The zero-order chi connectivity index (χ0) is 12.4. The minimum atomic E-state index is -0.944. The lowest BCUT2D eigenvalue weighted by molar-refractivity contribution is -0.139. The molecule has 0 aliphatic carbocycles. The number of aliphatic carboxylic acids is 1. The fraction of sp³-hybridized carbons (Fsp3) is 0.417. The first-order chi connectivity index (χ1) is 8.13. The van der Waals surface area contributed by atoms with Crippen molar-refractivity contribution in [1.29, 1.82) is 0 Å². The number of rotatable bonds is 4. The predicted molar refractivity (Wildman–Crippen MR) is 59.4 cm³/mol. The summed E-state index contributed by atoms with van der Waals surface area (Å²) in [6.07, 6.45) is 0.190. The van der Waals surface area contributed by atoms with E-state index in [0.717, 1.165) is 5.56 Å². The smallest absolute Gasteiger partial charge is 0.311 e. The number of hydrogen-bond acceptors (Lipinski definition) is 4. The molecule has 1 aliphatic rings. The maximum Gasteiger partial charge on any atom is 0.311 e. The number of hydrogen-bond donors (Lipinski definition) is 2. The number of aliphatic hydroxyl groups excluding tert-OH is 1. The van der Waals surface area contributed by atoms with Crippen LogP contribution in [0.2, 0.25) is 0 Å². The zero-order valence-corrected chi connectivity index (χ0v) is 9.47. The van der Waals surface area contributed by atoms with Crippen molar-refractivity contribution in [3.05, 3.63) is 23.3 Å². The molecular formula is C12H14O5. The molecule has 0 saturated heterocycles. The van der Waals surface area contributed by atoms with Crippen molar-refractivity contribution in [2.45, 2.75) is 19.3 Å². The van der Waals surface area contributed by atoms with Crippen molar-refractivity contribution in [2.75, 3.05) is 13.4 Å². The largest absolute Gasteiger partial charge is 0.481 e. The number of benzene rings is 1. The van der Waals surface area contributed by atoms with E-state index in [-0.39, 0.29) is 19.8 Å². The molecular weight excluding hydrogens is 224 g/mol. The first-order valence-electron chi connectivity index (χ1n) is 5.37. The van der Waals surface area contributed by atoms with E-state index in [4.69, 9.17) is 19.7 Å². The van der Waals surface area contributed by atoms with Gasteiger partial charge in [-0.15, -0.1) is 0 Å². The van der Waals surface area contributed by atoms with Gasteiger partial charge in [-0.05, 0) is 36.6 Å². The van der Waals surface area contributed by atoms with Crippen molar-refractivity contribution >= 4 is 5.97 Å². The highest BCUT2D eigenvalue weighted by Crippen LogP contribution is 2.37. The van der Waals surface area contributed by atoms with Crippen LogP contribution in [-0.2, 0) is 4.79 Å². The second-order valence-corrected chi connectivity index (χ2v) is 3.97. The highest BCUT2D eigenvalue weighted by molar-refractivity contribution is 5.77. The van der Waals surface area contributed by atoms with Crippen LogP contribution in [0.25, 0.3) is 0 Å². The average Bonchev–Trinajstić information content (AvgIpc) is 2.71. The van der Waals surface area contributed by atoms with Crippen molar-refractivity contribution < 1.29 is 24.5 Å². The van der Waals surface area contributed by atoms with Crippen LogP contribution < -0.4 is 9.47 Å². The van der Waals surface area contributed by atoms with Gasteiger partial charge in [-0.2, -0.15) is 0 Å². The van der Waals surface area contributed by atoms with Crippen LogP contribution in [0, 0.1) is 6.92 Å². The van der Waals surface area contributed by atoms with Crippen LogP contribution >= 0.6 is 0 Å². The van der Waals surface area contributed by atoms with Gasteiger partial charge in [-0.3, -0.25) is 4.79 Å². The number of carboxylic acids is 1. The summed E-state index contributed by atoms with van der Waals surface area (Å²) in [6.45, 7) is 1.82. The number of aliphatic hydroxyl groups is 1. The molecule has 2 N–H and O–H groups in total. The Kier molecular flexibility index (Phi) is 3.19. The fourth-order valence-corrected chi connectivity index (χ4v) is 1.98. The Morgan fingerprint density at radius 2 is 2.06 bits per heavy atom. The van der Waals surface area contributed by atoms with E-state index in [1.54, 1.807) is 12.1 Å². The third-order valence-electron chi connectivity index (χ3n) is 2.85. The van der Waals surface area contributed by atoms with Crippen molar-refractivity contribution in [1.82, 2.24) is 0 Å². The number of aryl methyl sites for hydroxylation is 1. The number of carboxylic acid groups (broad SMARTS) is 1. The summed E-state index contributed by atoms with van der Waals surface area (Å²) in [6, 6.07) is 3.46. The molecule has 1 heterocycles. The van der Waals surface area contributed by atoms with Gasteiger partial charge >= 0.3 is 5.97 Å². The lowest BCUT2D eigenvalue weighted by Gasteiger charge is -2.14. The van der Waals surface area contributed by atoms with Crippen LogP contribution in [0.5, 0.6) is 11.5 Å². The molecule has 0 radical (unpaired) electrons. The molecule has 1 aromatic rings. The maximum absolute atomic E-state index is 11.2. The summed E-state index contributed by atoms with van der Waals surface area (Å²) in [5.74, 6) is -0.454. The molecule has 17 heavy (non-hydrogen) atoms. The molecule has 0 saturated carbocycles. The summed E-state index contributed by atoms with van der Waals surface area (Å²) in [5.41, 5.74) is 1.49. The van der Waals surface area contributed by atoms with Gasteiger partial charge in [0.15, 0.2) is 11.5 Å². The first-order valence-corrected chi connectivity index (χ1v) is 5.37. The zero-order valence-electron chi connectivity index (χ0n) is 9.47. The highest BCUT2D eigenvalue weighted by Gasteiger charge is 2.24. The SMILES string of the molecule is Cc1cc2c(cc1C(CCO)C(=O)O)OCO2. The van der Waals surface area contributed by atoms with Crippen LogP contribution in [0.4, 0.5) is 0 Å². The lowest BCUT2D eigenvalue weighted by atomic mass is 9.92. The lowest BCUT2D eigenvalue weighted by Crippen LogP contribution is -2.14. The Balaban J connectivity index is 2.39.